The fourth-order valence-electron chi connectivity index (χ4n) is 4.32. The van der Waals surface area contributed by atoms with Gasteiger partial charge in [0.15, 0.2) is 0 Å². The Morgan fingerprint density at radius 1 is 0.946 bits per heavy atom. The maximum Gasteiger partial charge on any atom is 0.322 e. The summed E-state index contributed by atoms with van der Waals surface area (Å²) < 4.78 is 5.46. The lowest BCUT2D eigenvalue weighted by Crippen LogP contribution is -2.48. The molecule has 0 spiro atoms. The highest BCUT2D eigenvalue weighted by Gasteiger charge is 2.23. The number of aryl methyl sites for hydroxylation is 2. The third kappa shape index (κ3) is 8.42. The summed E-state index contributed by atoms with van der Waals surface area (Å²) in [6.07, 6.45) is 0. The van der Waals surface area contributed by atoms with E-state index in [9.17, 15) is 9.59 Å². The number of hydrogen-bond donors (Lipinski definition) is 1. The van der Waals surface area contributed by atoms with Gasteiger partial charge in [-0.3, -0.25) is 9.69 Å². The number of hydrogen-bond acceptors (Lipinski definition) is 5. The maximum atomic E-state index is 13.7. The number of urea groups is 1. The van der Waals surface area contributed by atoms with Crippen molar-refractivity contribution in [2.45, 2.75) is 26.9 Å². The molecule has 0 bridgehead atoms. The fraction of sp³-hybridized carbons (Fsp3) is 0.379. The zero-order chi connectivity index (χ0) is 26.0. The SMILES string of the molecule is Cc1cccc(NC(=O)N(CCN2CCOCC2)CC(=O)N(Cc2ccccc2)Cc2ccc(C)s2)c1. The maximum absolute atomic E-state index is 13.7. The highest BCUT2D eigenvalue weighted by Crippen LogP contribution is 2.19. The van der Waals surface area contributed by atoms with E-state index in [0.717, 1.165) is 34.8 Å². The van der Waals surface area contributed by atoms with Crippen LogP contribution in [0.4, 0.5) is 10.5 Å². The van der Waals surface area contributed by atoms with E-state index in [4.69, 9.17) is 4.74 Å². The van der Waals surface area contributed by atoms with Gasteiger partial charge in [0.25, 0.3) is 0 Å². The number of thiophene rings is 1. The number of carbonyl (C=O) groups excluding carboxylic acids is 2. The van der Waals surface area contributed by atoms with Crippen LogP contribution >= 0.6 is 11.3 Å². The first-order valence-corrected chi connectivity index (χ1v) is 13.6. The summed E-state index contributed by atoms with van der Waals surface area (Å²) in [4.78, 5) is 35.2. The van der Waals surface area contributed by atoms with Crippen LogP contribution in [0.25, 0.3) is 0 Å². The first-order chi connectivity index (χ1) is 18.0. The first kappa shape index (κ1) is 26.9. The van der Waals surface area contributed by atoms with E-state index in [2.05, 4.69) is 29.3 Å². The normalized spacial score (nSPS) is 13.8. The molecule has 1 aliphatic rings. The van der Waals surface area contributed by atoms with Gasteiger partial charge in [0.2, 0.25) is 5.91 Å². The Labute approximate surface area is 223 Å². The molecule has 37 heavy (non-hydrogen) atoms. The molecule has 1 aromatic heterocycles. The summed E-state index contributed by atoms with van der Waals surface area (Å²) in [5.74, 6) is -0.0729. The van der Waals surface area contributed by atoms with E-state index in [1.165, 1.54) is 4.88 Å². The summed E-state index contributed by atoms with van der Waals surface area (Å²) in [7, 11) is 0. The molecule has 0 saturated carbocycles. The third-order valence-corrected chi connectivity index (χ3v) is 7.37. The quantitative estimate of drug-likeness (QED) is 0.419. The number of benzene rings is 2. The molecule has 3 amide bonds. The highest BCUT2D eigenvalue weighted by atomic mass is 32.1. The van der Waals surface area contributed by atoms with Gasteiger partial charge in [0.1, 0.15) is 6.54 Å². The largest absolute Gasteiger partial charge is 0.379 e. The van der Waals surface area contributed by atoms with Gasteiger partial charge in [-0.1, -0.05) is 42.5 Å². The predicted octanol–water partition coefficient (Wildman–Crippen LogP) is 4.76. The monoisotopic (exact) mass is 520 g/mol. The number of nitrogens with one attached hydrogen (secondary N) is 1. The summed E-state index contributed by atoms with van der Waals surface area (Å²) in [5.41, 5.74) is 2.85. The zero-order valence-electron chi connectivity index (χ0n) is 21.7. The Balaban J connectivity index is 1.49. The van der Waals surface area contributed by atoms with Gasteiger partial charge in [-0.2, -0.15) is 0 Å². The number of nitrogens with zero attached hydrogens (tertiary/aromatic N) is 3. The minimum absolute atomic E-state index is 0.0131. The van der Waals surface area contributed by atoms with E-state index in [1.54, 1.807) is 16.2 Å². The standard InChI is InChI=1S/C29H36N4O3S/c1-23-7-6-10-26(19-23)30-29(35)32(14-13-31-15-17-36-18-16-31)22-28(34)33(20-25-8-4-3-5-9-25)21-27-12-11-24(2)37-27/h3-12,19H,13-18,20-22H2,1-2H3,(H,30,35). The number of morpholine rings is 1. The Hall–Kier alpha value is -3.20. The minimum atomic E-state index is -0.265. The second kappa shape index (κ2) is 13.4. The van der Waals surface area contributed by atoms with Gasteiger partial charge in [0, 0.05) is 48.2 Å². The molecule has 196 valence electrons. The van der Waals surface area contributed by atoms with E-state index in [1.807, 2.05) is 66.4 Å². The van der Waals surface area contributed by atoms with Crippen molar-refractivity contribution in [2.24, 2.45) is 0 Å². The molecule has 7 nitrogen and oxygen atoms in total. The van der Waals surface area contributed by atoms with Crippen LogP contribution in [-0.4, -0.2) is 72.6 Å². The van der Waals surface area contributed by atoms with Crippen LogP contribution in [0.1, 0.15) is 20.9 Å². The average Bonchev–Trinajstić information content (AvgIpc) is 3.31. The lowest BCUT2D eigenvalue weighted by Gasteiger charge is -2.31. The van der Waals surface area contributed by atoms with Gasteiger partial charge in [0.05, 0.1) is 19.8 Å². The van der Waals surface area contributed by atoms with Crippen LogP contribution in [0.15, 0.2) is 66.7 Å². The molecular weight excluding hydrogens is 484 g/mol. The zero-order valence-corrected chi connectivity index (χ0v) is 22.5. The van der Waals surface area contributed by atoms with Gasteiger partial charge in [-0.15, -0.1) is 11.3 Å². The van der Waals surface area contributed by atoms with Gasteiger partial charge in [-0.05, 0) is 49.2 Å². The predicted molar refractivity (Wildman–Crippen MR) is 149 cm³/mol. The van der Waals surface area contributed by atoms with E-state index in [0.29, 0.717) is 39.4 Å². The number of amides is 3. The molecule has 0 unspecified atom stereocenters. The van der Waals surface area contributed by atoms with Crippen molar-refractivity contribution in [3.63, 3.8) is 0 Å². The Morgan fingerprint density at radius 2 is 1.73 bits per heavy atom. The van der Waals surface area contributed by atoms with Crippen LogP contribution in [0, 0.1) is 13.8 Å². The van der Waals surface area contributed by atoms with Gasteiger partial charge < -0.3 is 19.9 Å². The van der Waals surface area contributed by atoms with Crippen LogP contribution < -0.4 is 5.32 Å². The molecule has 0 atom stereocenters. The molecule has 8 heteroatoms. The van der Waals surface area contributed by atoms with E-state index in [-0.39, 0.29) is 18.5 Å². The number of rotatable bonds is 10. The smallest absolute Gasteiger partial charge is 0.322 e. The minimum Gasteiger partial charge on any atom is -0.379 e. The second-order valence-electron chi connectivity index (χ2n) is 9.42. The molecule has 0 radical (unpaired) electrons. The Kier molecular flexibility index (Phi) is 9.71. The van der Waals surface area contributed by atoms with Crippen LogP contribution in [0.5, 0.6) is 0 Å². The number of anilines is 1. The molecule has 3 aromatic rings. The Bertz CT molecular complexity index is 1160. The molecule has 0 aliphatic carbocycles. The Morgan fingerprint density at radius 3 is 2.43 bits per heavy atom. The molecule has 2 heterocycles. The van der Waals surface area contributed by atoms with Crippen molar-refractivity contribution in [3.8, 4) is 0 Å². The van der Waals surface area contributed by atoms with Crippen LogP contribution in [0.3, 0.4) is 0 Å². The lowest BCUT2D eigenvalue weighted by molar-refractivity contribution is -0.133. The van der Waals surface area contributed by atoms with Crippen LogP contribution in [0.2, 0.25) is 0 Å². The topological polar surface area (TPSA) is 65.1 Å². The molecule has 1 fully saturated rings. The van der Waals surface area contributed by atoms with Crippen molar-refractivity contribution in [3.05, 3.63) is 87.6 Å². The van der Waals surface area contributed by atoms with Crippen molar-refractivity contribution in [1.82, 2.24) is 14.7 Å². The second-order valence-corrected chi connectivity index (χ2v) is 10.8. The third-order valence-electron chi connectivity index (χ3n) is 6.38. The van der Waals surface area contributed by atoms with Gasteiger partial charge in [-0.25, -0.2) is 4.79 Å². The number of ether oxygens (including phenoxy) is 1. The molecule has 1 aliphatic heterocycles. The van der Waals surface area contributed by atoms with Crippen molar-refractivity contribution >= 4 is 29.0 Å². The molecular formula is C29H36N4O3S. The van der Waals surface area contributed by atoms with Crippen molar-refractivity contribution in [2.75, 3.05) is 51.3 Å². The fourth-order valence-corrected chi connectivity index (χ4v) is 5.23. The molecule has 2 aromatic carbocycles. The molecule has 1 saturated heterocycles. The van der Waals surface area contributed by atoms with Crippen molar-refractivity contribution < 1.29 is 14.3 Å². The van der Waals surface area contributed by atoms with E-state index < -0.39 is 0 Å². The number of carbonyl (C=O) groups is 2. The summed E-state index contributed by atoms with van der Waals surface area (Å²) in [5, 5.41) is 2.99. The first-order valence-electron chi connectivity index (χ1n) is 12.8. The average molecular weight is 521 g/mol. The van der Waals surface area contributed by atoms with E-state index >= 15 is 0 Å². The molecule has 1 N–H and O–H groups in total. The van der Waals surface area contributed by atoms with Crippen molar-refractivity contribution in [1.29, 1.82) is 0 Å². The lowest BCUT2D eigenvalue weighted by atomic mass is 10.2. The highest BCUT2D eigenvalue weighted by molar-refractivity contribution is 7.11. The molecule has 4 rings (SSSR count). The van der Waals surface area contributed by atoms with Crippen LogP contribution in [-0.2, 0) is 22.6 Å². The summed E-state index contributed by atoms with van der Waals surface area (Å²) in [6.45, 7) is 9.29. The summed E-state index contributed by atoms with van der Waals surface area (Å²) >= 11 is 1.70. The summed E-state index contributed by atoms with van der Waals surface area (Å²) in [6, 6.07) is 21.6. The van der Waals surface area contributed by atoms with Gasteiger partial charge >= 0.3 is 6.03 Å².